The molecule has 3 aromatic rings. The zero-order valence-corrected chi connectivity index (χ0v) is 14.3. The predicted octanol–water partition coefficient (Wildman–Crippen LogP) is 2.15. The number of hydrogen-bond donors (Lipinski definition) is 1. The second-order valence-corrected chi connectivity index (χ2v) is 6.21. The van der Waals surface area contributed by atoms with Gasteiger partial charge in [-0.1, -0.05) is 12.1 Å². The summed E-state index contributed by atoms with van der Waals surface area (Å²) in [6.07, 6.45) is -0.283. The maximum Gasteiger partial charge on any atom is 0.418 e. The Labute approximate surface area is 157 Å². The second-order valence-electron chi connectivity index (χ2n) is 6.21. The first kappa shape index (κ1) is 17.9. The van der Waals surface area contributed by atoms with E-state index in [4.69, 9.17) is 0 Å². The average molecular weight is 389 g/mol. The first-order chi connectivity index (χ1) is 13.4. The third-order valence-corrected chi connectivity index (χ3v) is 4.36. The SMILES string of the molecule is O=C(Nc1ccccc1C(F)(F)F)C1CN(c2cc(-n3cncn3)ncn2)C1. The minimum atomic E-state index is -4.53. The molecular formula is C17H14F3N7O. The van der Waals surface area contributed by atoms with E-state index in [-0.39, 0.29) is 5.69 Å². The number of nitrogens with zero attached hydrogens (tertiary/aromatic N) is 6. The van der Waals surface area contributed by atoms with Gasteiger partial charge in [0.1, 0.15) is 24.8 Å². The molecule has 0 atom stereocenters. The van der Waals surface area contributed by atoms with Crippen LogP contribution in [0.25, 0.3) is 5.82 Å². The molecule has 1 saturated heterocycles. The first-order valence-electron chi connectivity index (χ1n) is 8.31. The normalized spacial score (nSPS) is 14.6. The molecule has 1 fully saturated rings. The highest BCUT2D eigenvalue weighted by Gasteiger charge is 2.37. The summed E-state index contributed by atoms with van der Waals surface area (Å²) < 4.78 is 40.6. The summed E-state index contributed by atoms with van der Waals surface area (Å²) in [5.74, 6) is 0.222. The molecule has 28 heavy (non-hydrogen) atoms. The summed E-state index contributed by atoms with van der Waals surface area (Å²) in [5, 5.41) is 6.37. The molecule has 8 nitrogen and oxygen atoms in total. The zero-order chi connectivity index (χ0) is 19.7. The van der Waals surface area contributed by atoms with Gasteiger partial charge < -0.3 is 10.2 Å². The van der Waals surface area contributed by atoms with Crippen LogP contribution in [0.15, 0.2) is 49.3 Å². The van der Waals surface area contributed by atoms with Crippen LogP contribution in [0.4, 0.5) is 24.7 Å². The first-order valence-corrected chi connectivity index (χ1v) is 8.31. The molecule has 144 valence electrons. The van der Waals surface area contributed by atoms with E-state index >= 15 is 0 Å². The van der Waals surface area contributed by atoms with Crippen molar-refractivity contribution in [2.45, 2.75) is 6.18 Å². The van der Waals surface area contributed by atoms with Gasteiger partial charge in [-0.25, -0.2) is 19.6 Å². The third-order valence-electron chi connectivity index (χ3n) is 4.36. The van der Waals surface area contributed by atoms with Crippen LogP contribution in [0, 0.1) is 5.92 Å². The number of benzene rings is 1. The maximum absolute atomic E-state index is 13.0. The van der Waals surface area contributed by atoms with Crippen molar-refractivity contribution < 1.29 is 18.0 Å². The molecule has 1 N–H and O–H groups in total. The van der Waals surface area contributed by atoms with Crippen LogP contribution in [0.2, 0.25) is 0 Å². The minimum absolute atomic E-state index is 0.242. The summed E-state index contributed by atoms with van der Waals surface area (Å²) in [7, 11) is 0. The van der Waals surface area contributed by atoms with Gasteiger partial charge in [0, 0.05) is 19.2 Å². The minimum Gasteiger partial charge on any atom is -0.355 e. The highest BCUT2D eigenvalue weighted by atomic mass is 19.4. The Morgan fingerprint density at radius 1 is 1.11 bits per heavy atom. The van der Waals surface area contributed by atoms with Crippen LogP contribution >= 0.6 is 0 Å². The van der Waals surface area contributed by atoms with Crippen molar-refractivity contribution in [3.05, 3.63) is 54.9 Å². The number of rotatable bonds is 4. The Kier molecular flexibility index (Phi) is 4.41. The third kappa shape index (κ3) is 3.50. The van der Waals surface area contributed by atoms with E-state index < -0.39 is 23.6 Å². The second kappa shape index (κ2) is 6.91. The van der Waals surface area contributed by atoms with Gasteiger partial charge in [-0.15, -0.1) is 0 Å². The number of nitrogens with one attached hydrogen (secondary N) is 1. The number of carbonyl (C=O) groups excluding carboxylic acids is 1. The van der Waals surface area contributed by atoms with Crippen LogP contribution in [0.5, 0.6) is 0 Å². The molecule has 1 aliphatic heterocycles. The lowest BCUT2D eigenvalue weighted by Crippen LogP contribution is -2.52. The van der Waals surface area contributed by atoms with E-state index in [2.05, 4.69) is 25.4 Å². The van der Waals surface area contributed by atoms with Crippen LogP contribution in [0.3, 0.4) is 0 Å². The van der Waals surface area contributed by atoms with Crippen molar-refractivity contribution in [2.75, 3.05) is 23.3 Å². The van der Waals surface area contributed by atoms with E-state index in [1.54, 1.807) is 6.07 Å². The Morgan fingerprint density at radius 3 is 2.57 bits per heavy atom. The Hall–Kier alpha value is -3.50. The summed E-state index contributed by atoms with van der Waals surface area (Å²) in [4.78, 5) is 26.3. The Balaban J connectivity index is 1.41. The largest absolute Gasteiger partial charge is 0.418 e. The fourth-order valence-electron chi connectivity index (χ4n) is 2.87. The van der Waals surface area contributed by atoms with E-state index in [0.29, 0.717) is 24.7 Å². The van der Waals surface area contributed by atoms with E-state index in [0.717, 1.165) is 6.07 Å². The fraction of sp³-hybridized carbons (Fsp3) is 0.235. The van der Waals surface area contributed by atoms with Gasteiger partial charge in [0.05, 0.1) is 17.2 Å². The van der Waals surface area contributed by atoms with Gasteiger partial charge in [0.2, 0.25) is 5.91 Å². The molecule has 1 aliphatic rings. The maximum atomic E-state index is 13.0. The number of hydrogen-bond acceptors (Lipinski definition) is 6. The zero-order valence-electron chi connectivity index (χ0n) is 14.3. The van der Waals surface area contributed by atoms with E-state index in [9.17, 15) is 18.0 Å². The number of halogens is 3. The van der Waals surface area contributed by atoms with Crippen LogP contribution < -0.4 is 10.2 Å². The summed E-state index contributed by atoms with van der Waals surface area (Å²) in [5.41, 5.74) is -1.11. The monoisotopic (exact) mass is 389 g/mol. The van der Waals surface area contributed by atoms with Crippen LogP contribution in [0.1, 0.15) is 5.56 Å². The van der Waals surface area contributed by atoms with Crippen molar-refractivity contribution in [1.29, 1.82) is 0 Å². The Bertz CT molecular complexity index is 984. The van der Waals surface area contributed by atoms with Crippen molar-refractivity contribution in [1.82, 2.24) is 24.7 Å². The standard InChI is InChI=1S/C17H14F3N7O/c18-17(19,20)12-3-1-2-4-13(12)25-16(28)11-6-26(7-11)14-5-15(23-9-22-14)27-10-21-8-24-27/h1-5,8-11H,6-7H2,(H,25,28). The number of para-hydroxylation sites is 1. The summed E-state index contributed by atoms with van der Waals surface area (Å²) >= 11 is 0. The van der Waals surface area contributed by atoms with Gasteiger partial charge in [-0.05, 0) is 12.1 Å². The van der Waals surface area contributed by atoms with E-state index in [1.165, 1.54) is 41.9 Å². The molecule has 11 heteroatoms. The van der Waals surface area contributed by atoms with Crippen molar-refractivity contribution in [3.8, 4) is 5.82 Å². The predicted molar refractivity (Wildman–Crippen MR) is 92.7 cm³/mol. The molecule has 0 unspecified atom stereocenters. The topological polar surface area (TPSA) is 88.8 Å². The molecule has 3 heterocycles. The number of anilines is 2. The smallest absolute Gasteiger partial charge is 0.355 e. The highest BCUT2D eigenvalue weighted by molar-refractivity contribution is 5.95. The molecule has 0 spiro atoms. The number of alkyl halides is 3. The van der Waals surface area contributed by atoms with Gasteiger partial charge in [0.25, 0.3) is 0 Å². The van der Waals surface area contributed by atoms with Crippen LogP contribution in [-0.4, -0.2) is 43.7 Å². The molecule has 4 rings (SSSR count). The molecule has 0 bridgehead atoms. The summed E-state index contributed by atoms with van der Waals surface area (Å²) in [6.45, 7) is 0.682. The van der Waals surface area contributed by atoms with Gasteiger partial charge in [-0.2, -0.15) is 18.3 Å². The number of carbonyl (C=O) groups is 1. The number of amides is 1. The number of aromatic nitrogens is 5. The molecule has 2 aromatic heterocycles. The molecule has 0 saturated carbocycles. The quantitative estimate of drug-likeness (QED) is 0.736. The van der Waals surface area contributed by atoms with Crippen molar-refractivity contribution >= 4 is 17.4 Å². The van der Waals surface area contributed by atoms with Gasteiger partial charge in [0.15, 0.2) is 5.82 Å². The molecule has 0 radical (unpaired) electrons. The van der Waals surface area contributed by atoms with Crippen LogP contribution in [-0.2, 0) is 11.0 Å². The van der Waals surface area contributed by atoms with Crippen molar-refractivity contribution in [2.24, 2.45) is 5.92 Å². The van der Waals surface area contributed by atoms with E-state index in [1.807, 2.05) is 4.90 Å². The molecule has 1 aromatic carbocycles. The van der Waals surface area contributed by atoms with Crippen molar-refractivity contribution in [3.63, 3.8) is 0 Å². The molecular weight excluding hydrogens is 375 g/mol. The molecule has 1 amide bonds. The highest BCUT2D eigenvalue weighted by Crippen LogP contribution is 2.35. The summed E-state index contributed by atoms with van der Waals surface area (Å²) in [6, 6.07) is 6.61. The fourth-order valence-corrected chi connectivity index (χ4v) is 2.87. The lowest BCUT2D eigenvalue weighted by atomic mass is 9.98. The average Bonchev–Trinajstić information content (AvgIpc) is 3.15. The lowest BCUT2D eigenvalue weighted by Gasteiger charge is -2.39. The van der Waals surface area contributed by atoms with Gasteiger partial charge in [-0.3, -0.25) is 4.79 Å². The Morgan fingerprint density at radius 2 is 1.86 bits per heavy atom. The molecule has 0 aliphatic carbocycles. The van der Waals surface area contributed by atoms with Gasteiger partial charge >= 0.3 is 6.18 Å². The lowest BCUT2D eigenvalue weighted by molar-refractivity contribution is -0.137.